The molecule has 1 fully saturated rings. The van der Waals surface area contributed by atoms with Crippen molar-refractivity contribution in [3.05, 3.63) is 0 Å². The molecular formula is C24H66O3Si6Sn3. The predicted octanol–water partition coefficient (Wildman–Crippen LogP) is 9.64. The standard InChI is InChI=1S/6C4H11Si.3O.3Sn/c6*1-5(2,3)4;;;;;;/h6*1H2,2-4H3;;;;;;. The normalized spacial score (nSPS) is 21.5. The third kappa shape index (κ3) is 15.2. The molecule has 0 atom stereocenters. The average molecular weight is 927 g/mol. The molecule has 1 aliphatic rings. The third-order valence-corrected chi connectivity index (χ3v) is 147. The first-order valence-electron chi connectivity index (χ1n) is 14.5. The fourth-order valence-electron chi connectivity index (χ4n) is 6.55. The number of hydrogen-bond acceptors (Lipinski definition) is 3. The van der Waals surface area contributed by atoms with Crippen LogP contribution in [0, 0.1) is 0 Å². The molecule has 0 bridgehead atoms. The van der Waals surface area contributed by atoms with Crippen LogP contribution in [0.3, 0.4) is 0 Å². The third-order valence-electron chi connectivity index (χ3n) is 5.91. The van der Waals surface area contributed by atoms with Crippen molar-refractivity contribution in [3.8, 4) is 0 Å². The van der Waals surface area contributed by atoms with E-state index in [1.807, 2.05) is 0 Å². The van der Waals surface area contributed by atoms with Gasteiger partial charge in [0.25, 0.3) is 0 Å². The molecule has 1 heterocycles. The first-order valence-corrected chi connectivity index (χ1v) is 55.8. The Hall–Kier alpha value is 3.58. The van der Waals surface area contributed by atoms with E-state index >= 15 is 0 Å². The zero-order valence-electron chi connectivity index (χ0n) is 28.0. The van der Waals surface area contributed by atoms with Gasteiger partial charge in [0, 0.05) is 0 Å². The summed E-state index contributed by atoms with van der Waals surface area (Å²) in [6, 6.07) is 0. The van der Waals surface area contributed by atoms with Gasteiger partial charge in [-0.2, -0.15) is 0 Å². The van der Waals surface area contributed by atoms with E-state index in [1.54, 1.807) is 0 Å². The summed E-state index contributed by atoms with van der Waals surface area (Å²) in [7, 11) is -8.12. The van der Waals surface area contributed by atoms with E-state index in [2.05, 4.69) is 118 Å². The molecule has 0 amide bonds. The number of hydrogen-bond donors (Lipinski definition) is 0. The predicted molar refractivity (Wildman–Crippen MR) is 189 cm³/mol. The minimum absolute atomic E-state index is 1.35. The summed E-state index contributed by atoms with van der Waals surface area (Å²) in [5.74, 6) is 0. The van der Waals surface area contributed by atoms with E-state index in [0.29, 0.717) is 0 Å². The van der Waals surface area contributed by atoms with Gasteiger partial charge in [-0.05, 0) is 0 Å². The van der Waals surface area contributed by atoms with Crippen LogP contribution < -0.4 is 0 Å². The van der Waals surface area contributed by atoms with E-state index in [4.69, 9.17) is 4.23 Å². The van der Waals surface area contributed by atoms with Crippen LogP contribution >= 0.6 is 0 Å². The first kappa shape index (κ1) is 37.6. The molecule has 216 valence electrons. The molecule has 3 nitrogen and oxygen atoms in total. The molecule has 0 aromatic rings. The van der Waals surface area contributed by atoms with E-state index in [0.717, 1.165) is 0 Å². The molecule has 0 radical (unpaired) electrons. The van der Waals surface area contributed by atoms with Crippen LogP contribution in [-0.4, -0.2) is 106 Å². The molecular weight excluding hydrogens is 861 g/mol. The molecule has 1 aliphatic heterocycles. The van der Waals surface area contributed by atoms with E-state index < -0.39 is 106 Å². The maximum absolute atomic E-state index is 8.05. The van der Waals surface area contributed by atoms with Gasteiger partial charge in [0.15, 0.2) is 0 Å². The maximum atomic E-state index is 8.05. The van der Waals surface area contributed by atoms with Crippen molar-refractivity contribution in [1.82, 2.24) is 0 Å². The summed E-state index contributed by atoms with van der Waals surface area (Å²) < 4.78 is 32.4. The topological polar surface area (TPSA) is 27.7 Å². The molecule has 0 spiro atoms. The second kappa shape index (κ2) is 12.3. The molecule has 0 N–H and O–H groups in total. The van der Waals surface area contributed by atoms with Gasteiger partial charge in [0.1, 0.15) is 0 Å². The SMILES string of the molecule is C[Si](C)(C)[CH2][Sn]1([CH2][Si](C)(C)C)[O][Sn]([CH2][Si](C)(C)C)([CH2][Si](C)(C)C)[O][Sn]([CH2][Si](C)(C)C)([CH2][Si](C)(C)C)[O]1. The summed E-state index contributed by atoms with van der Waals surface area (Å²) in [5, 5.41) is 0. The quantitative estimate of drug-likeness (QED) is 0.183. The van der Waals surface area contributed by atoms with Gasteiger partial charge in [-0.3, -0.25) is 0 Å². The van der Waals surface area contributed by atoms with Crippen molar-refractivity contribution in [2.45, 2.75) is 142 Å². The first-order chi connectivity index (χ1) is 15.4. The van der Waals surface area contributed by atoms with Crippen molar-refractivity contribution in [1.29, 1.82) is 0 Å². The summed E-state index contributed by atoms with van der Waals surface area (Å²) in [4.78, 5) is 0. The van der Waals surface area contributed by atoms with Gasteiger partial charge in [0.2, 0.25) is 0 Å². The van der Waals surface area contributed by atoms with Crippen molar-refractivity contribution < 1.29 is 4.23 Å². The Balaban J connectivity index is 4.04. The Bertz CT molecular complexity index is 581. The van der Waals surface area contributed by atoms with Crippen LogP contribution in [0.25, 0.3) is 0 Å². The van der Waals surface area contributed by atoms with Gasteiger partial charge in [0.05, 0.1) is 0 Å². The van der Waals surface area contributed by atoms with Gasteiger partial charge in [-0.15, -0.1) is 0 Å². The summed E-state index contributed by atoms with van der Waals surface area (Å²) in [5.41, 5.74) is 0. The fraction of sp³-hybridized carbons (Fsp3) is 1.00. The zero-order chi connectivity index (χ0) is 28.9. The Morgan fingerprint density at radius 3 is 0.472 bits per heavy atom. The molecule has 12 heteroatoms. The van der Waals surface area contributed by atoms with Crippen molar-refractivity contribution in [3.63, 3.8) is 0 Å². The second-order valence-corrected chi connectivity index (χ2v) is 99.5. The molecule has 36 heavy (non-hydrogen) atoms. The Morgan fingerprint density at radius 1 is 0.278 bits per heavy atom. The molecule has 0 saturated carbocycles. The molecule has 0 aliphatic carbocycles. The molecule has 0 unspecified atom stereocenters. The van der Waals surface area contributed by atoms with E-state index in [-0.39, 0.29) is 0 Å². The fourth-order valence-corrected chi connectivity index (χ4v) is 232. The van der Waals surface area contributed by atoms with Crippen molar-refractivity contribution in [2.75, 3.05) is 0 Å². The van der Waals surface area contributed by atoms with Gasteiger partial charge >= 0.3 is 252 Å². The van der Waals surface area contributed by atoms with Crippen LogP contribution in [0.1, 0.15) is 0 Å². The van der Waals surface area contributed by atoms with Gasteiger partial charge < -0.3 is 0 Å². The summed E-state index contributed by atoms with van der Waals surface area (Å²) in [6.45, 7) is 46.8. The monoisotopic (exact) mass is 930 g/mol. The zero-order valence-corrected chi connectivity index (χ0v) is 42.5. The van der Waals surface area contributed by atoms with Crippen LogP contribution in [0.15, 0.2) is 0 Å². The van der Waals surface area contributed by atoms with Crippen molar-refractivity contribution >= 4 is 106 Å². The van der Waals surface area contributed by atoms with Crippen LogP contribution in [0.4, 0.5) is 0 Å². The Labute approximate surface area is 249 Å². The summed E-state index contributed by atoms with van der Waals surface area (Å²) in [6.07, 6.45) is 0. The van der Waals surface area contributed by atoms with Gasteiger partial charge in [-0.25, -0.2) is 0 Å². The molecule has 0 aromatic carbocycles. The van der Waals surface area contributed by atoms with Crippen LogP contribution in [-0.2, 0) is 4.23 Å². The molecule has 1 saturated heterocycles. The van der Waals surface area contributed by atoms with Crippen LogP contribution in [0.2, 0.25) is 142 Å². The average Bonchev–Trinajstić information content (AvgIpc) is 2.30. The minimum atomic E-state index is -3.38. The number of rotatable bonds is 12. The summed E-state index contributed by atoms with van der Waals surface area (Å²) >= 11 is -10.1. The van der Waals surface area contributed by atoms with E-state index in [1.165, 1.54) is 24.4 Å². The Morgan fingerprint density at radius 2 is 0.389 bits per heavy atom. The van der Waals surface area contributed by atoms with Crippen molar-refractivity contribution in [2.24, 2.45) is 0 Å². The van der Waals surface area contributed by atoms with E-state index in [9.17, 15) is 0 Å². The molecule has 0 aromatic heterocycles. The van der Waals surface area contributed by atoms with Crippen LogP contribution in [0.5, 0.6) is 0 Å². The molecule has 1 rings (SSSR count). The Kier molecular flexibility index (Phi) is 12.8. The van der Waals surface area contributed by atoms with Gasteiger partial charge in [-0.1, -0.05) is 0 Å². The second-order valence-electron chi connectivity index (χ2n) is 19.5.